The number of aromatic nitrogens is 4. The second kappa shape index (κ2) is 11.6. The first-order valence-electron chi connectivity index (χ1n) is 15.7. The lowest BCUT2D eigenvalue weighted by Gasteiger charge is -2.10. The first-order chi connectivity index (χ1) is 19.5. The van der Waals surface area contributed by atoms with E-state index in [1.54, 1.807) is 0 Å². The van der Waals surface area contributed by atoms with E-state index in [9.17, 15) is 0 Å². The van der Waals surface area contributed by atoms with Crippen molar-refractivity contribution < 1.29 is 0 Å². The van der Waals surface area contributed by atoms with Gasteiger partial charge in [0.15, 0.2) is 0 Å². The summed E-state index contributed by atoms with van der Waals surface area (Å²) in [5.74, 6) is 0. The van der Waals surface area contributed by atoms with Gasteiger partial charge in [-0.25, -0.2) is 9.97 Å². The molecular formula is C36H46N4. The van der Waals surface area contributed by atoms with E-state index in [1.165, 1.54) is 61.1 Å². The Labute approximate surface area is 240 Å². The number of allylic oxidation sites excluding steroid dienone is 4. The normalized spacial score (nSPS) is 13.6. The molecule has 0 aromatic carbocycles. The maximum Gasteiger partial charge on any atom is 0.0725 e. The highest BCUT2D eigenvalue weighted by molar-refractivity contribution is 5.97. The Morgan fingerprint density at radius 1 is 0.450 bits per heavy atom. The lowest BCUT2D eigenvalue weighted by atomic mass is 9.93. The van der Waals surface area contributed by atoms with Gasteiger partial charge < -0.3 is 9.97 Å². The molecule has 2 aliphatic heterocycles. The Morgan fingerprint density at radius 3 is 1.38 bits per heavy atom. The van der Waals surface area contributed by atoms with Crippen molar-refractivity contribution >= 4 is 44.4 Å². The minimum Gasteiger partial charge on any atom is -0.355 e. The van der Waals surface area contributed by atoms with Crippen molar-refractivity contribution in [2.75, 3.05) is 0 Å². The molecular weight excluding hydrogens is 488 g/mol. The van der Waals surface area contributed by atoms with Gasteiger partial charge in [0.05, 0.1) is 22.8 Å². The quantitative estimate of drug-likeness (QED) is 0.302. The average molecular weight is 535 g/mol. The van der Waals surface area contributed by atoms with Gasteiger partial charge in [0.1, 0.15) is 0 Å². The smallest absolute Gasteiger partial charge is 0.0725 e. The Bertz CT molecular complexity index is 1670. The molecule has 0 atom stereocenters. The van der Waals surface area contributed by atoms with Crippen LogP contribution in [0.4, 0.5) is 0 Å². The minimum absolute atomic E-state index is 0.911. The summed E-state index contributed by atoms with van der Waals surface area (Å²) in [5, 5.41) is 0. The number of rotatable bonds is 8. The molecule has 0 radical (unpaired) electrons. The Hall–Kier alpha value is -3.40. The molecule has 4 heteroatoms. The first-order valence-corrected chi connectivity index (χ1v) is 15.7. The third-order valence-corrected chi connectivity index (χ3v) is 8.91. The lowest BCUT2D eigenvalue weighted by molar-refractivity contribution is 1.05. The van der Waals surface area contributed by atoms with Gasteiger partial charge in [-0.3, -0.25) is 0 Å². The van der Waals surface area contributed by atoms with Gasteiger partial charge in [0.25, 0.3) is 0 Å². The number of fused-ring (bicyclic) bond motifs is 8. The van der Waals surface area contributed by atoms with E-state index in [1.807, 2.05) is 0 Å². The van der Waals surface area contributed by atoms with Crippen LogP contribution in [0.15, 0.2) is 24.3 Å². The van der Waals surface area contributed by atoms with E-state index < -0.39 is 0 Å². The molecule has 0 aliphatic carbocycles. The number of aromatic amines is 2. The highest BCUT2D eigenvalue weighted by atomic mass is 14.8. The van der Waals surface area contributed by atoms with Crippen LogP contribution < -0.4 is 0 Å². The van der Waals surface area contributed by atoms with E-state index in [0.29, 0.717) is 0 Å². The van der Waals surface area contributed by atoms with Gasteiger partial charge in [0, 0.05) is 27.6 Å². The third kappa shape index (κ3) is 4.56. The van der Waals surface area contributed by atoms with Crippen LogP contribution in [-0.2, 0) is 25.7 Å². The van der Waals surface area contributed by atoms with Crippen molar-refractivity contribution in [1.82, 2.24) is 19.9 Å². The molecule has 5 rings (SSSR count). The van der Waals surface area contributed by atoms with Crippen molar-refractivity contribution in [3.05, 3.63) is 69.3 Å². The third-order valence-electron chi connectivity index (χ3n) is 8.91. The summed E-state index contributed by atoms with van der Waals surface area (Å²) < 4.78 is 0. The molecule has 3 aromatic rings. The predicted molar refractivity (Wildman–Crippen MR) is 173 cm³/mol. The minimum atomic E-state index is 0.911. The van der Waals surface area contributed by atoms with E-state index in [4.69, 9.17) is 9.97 Å². The zero-order valence-corrected chi connectivity index (χ0v) is 25.9. The molecule has 2 N–H and O–H groups in total. The molecule has 40 heavy (non-hydrogen) atoms. The number of nitrogens with zero attached hydrogens (tertiary/aromatic N) is 2. The van der Waals surface area contributed by atoms with Gasteiger partial charge in [-0.2, -0.15) is 0 Å². The predicted octanol–water partition coefficient (Wildman–Crippen LogP) is 10.0. The van der Waals surface area contributed by atoms with Gasteiger partial charge in [0.2, 0.25) is 0 Å². The molecule has 0 amide bonds. The van der Waals surface area contributed by atoms with Crippen molar-refractivity contribution in [2.45, 2.75) is 107 Å². The van der Waals surface area contributed by atoms with Crippen LogP contribution in [0.5, 0.6) is 0 Å². The van der Waals surface area contributed by atoms with E-state index in [-0.39, 0.29) is 0 Å². The number of H-pyrrole nitrogens is 2. The van der Waals surface area contributed by atoms with Crippen LogP contribution in [0.2, 0.25) is 0 Å². The average Bonchev–Trinajstić information content (AvgIpc) is 3.70. The zero-order chi connectivity index (χ0) is 28.6. The molecule has 0 saturated carbocycles. The van der Waals surface area contributed by atoms with Gasteiger partial charge in [-0.05, 0) is 115 Å². The van der Waals surface area contributed by atoms with E-state index in [2.05, 4.69) is 89.6 Å². The van der Waals surface area contributed by atoms with Gasteiger partial charge in [-0.1, -0.05) is 55.4 Å². The van der Waals surface area contributed by atoms with Gasteiger partial charge >= 0.3 is 0 Å². The first kappa shape index (κ1) is 28.1. The molecule has 8 bridgehead atoms. The zero-order valence-electron chi connectivity index (χ0n) is 25.9. The van der Waals surface area contributed by atoms with Crippen LogP contribution in [0.3, 0.4) is 0 Å². The summed E-state index contributed by atoms with van der Waals surface area (Å²) in [6.45, 7) is 18.1. The maximum atomic E-state index is 5.42. The molecule has 3 aromatic heterocycles. The molecule has 5 heterocycles. The fourth-order valence-corrected chi connectivity index (χ4v) is 6.98. The Balaban J connectivity index is 2.05. The fraction of sp³-hybridized carbons (Fsp3) is 0.444. The van der Waals surface area contributed by atoms with Crippen molar-refractivity contribution in [1.29, 1.82) is 0 Å². The number of nitrogens with one attached hydrogen (secondary N) is 2. The van der Waals surface area contributed by atoms with Crippen LogP contribution in [-0.4, -0.2) is 19.9 Å². The van der Waals surface area contributed by atoms with Crippen LogP contribution in [0, 0.1) is 0 Å². The van der Waals surface area contributed by atoms with Gasteiger partial charge in [-0.15, -0.1) is 0 Å². The second-order valence-electron chi connectivity index (χ2n) is 10.9. The summed E-state index contributed by atoms with van der Waals surface area (Å²) in [5.41, 5.74) is 20.2. The van der Waals surface area contributed by atoms with E-state index in [0.717, 1.165) is 79.7 Å². The highest BCUT2D eigenvalue weighted by Crippen LogP contribution is 2.41. The summed E-state index contributed by atoms with van der Waals surface area (Å²) >= 11 is 0. The van der Waals surface area contributed by atoms with Crippen LogP contribution in [0.25, 0.3) is 44.4 Å². The molecule has 2 aliphatic rings. The molecule has 0 unspecified atom stereocenters. The number of hydrogen-bond acceptors (Lipinski definition) is 2. The van der Waals surface area contributed by atoms with Crippen molar-refractivity contribution in [2.24, 2.45) is 0 Å². The summed E-state index contributed by atoms with van der Waals surface area (Å²) in [6, 6.07) is 9.23. The fourth-order valence-electron chi connectivity index (χ4n) is 6.98. The Kier molecular flexibility index (Phi) is 8.16. The molecule has 0 saturated heterocycles. The highest BCUT2D eigenvalue weighted by Gasteiger charge is 2.26. The Morgan fingerprint density at radius 2 is 0.925 bits per heavy atom. The number of hydrogen-bond donors (Lipinski definition) is 2. The number of aryl methyl sites for hydroxylation is 3. The molecule has 4 nitrogen and oxygen atoms in total. The topological polar surface area (TPSA) is 57.4 Å². The SMILES string of the molecule is CCC1=C(CC)c2nc1cc1[nH]c(cc1CC)cc1[nH]c(cc3nc(c2CC)C(CC)=C3CC)c(CC)c1CC. The molecule has 210 valence electrons. The second-order valence-corrected chi connectivity index (χ2v) is 10.9. The standard InChI is InChI=1S/C36H46N4/c1-9-21-17-22-18-31-23(10-2)24(11-3)32(38-31)20-34-26(13-5)28(15-7)36(40-34)29(16-8)35-27(14-6)25(12-4)33(39-35)19-30(21)37-22/h17-20,37-38H,9-16H2,1-8H3. The van der Waals surface area contributed by atoms with Crippen molar-refractivity contribution in [3.63, 3.8) is 0 Å². The van der Waals surface area contributed by atoms with Crippen LogP contribution >= 0.6 is 0 Å². The van der Waals surface area contributed by atoms with Crippen LogP contribution in [0.1, 0.15) is 126 Å². The molecule has 0 spiro atoms. The summed E-state index contributed by atoms with van der Waals surface area (Å²) in [4.78, 5) is 18.4. The monoisotopic (exact) mass is 534 g/mol. The summed E-state index contributed by atoms with van der Waals surface area (Å²) in [7, 11) is 0. The lowest BCUT2D eigenvalue weighted by Crippen LogP contribution is -1.97. The van der Waals surface area contributed by atoms with E-state index >= 15 is 0 Å². The van der Waals surface area contributed by atoms with Crippen molar-refractivity contribution in [3.8, 4) is 0 Å². The summed E-state index contributed by atoms with van der Waals surface area (Å²) in [6.07, 6.45) is 7.76. The molecule has 0 fully saturated rings. The largest absolute Gasteiger partial charge is 0.355 e. The maximum absolute atomic E-state index is 5.42.